The third-order valence-electron chi connectivity index (χ3n) is 3.78. The summed E-state index contributed by atoms with van der Waals surface area (Å²) in [6.07, 6.45) is 1.14. The first kappa shape index (κ1) is 14.3. The van der Waals surface area contributed by atoms with Crippen molar-refractivity contribution in [1.82, 2.24) is 15.1 Å². The molecular formula is C16H19ClN4. The molecule has 2 aromatic rings. The van der Waals surface area contributed by atoms with E-state index in [0.717, 1.165) is 45.0 Å². The molecule has 21 heavy (non-hydrogen) atoms. The van der Waals surface area contributed by atoms with Gasteiger partial charge in [-0.15, -0.1) is 10.2 Å². The van der Waals surface area contributed by atoms with E-state index in [0.29, 0.717) is 5.15 Å². The Labute approximate surface area is 130 Å². The predicted octanol–water partition coefficient (Wildman–Crippen LogP) is 2.84. The highest BCUT2D eigenvalue weighted by atomic mass is 35.5. The van der Waals surface area contributed by atoms with Crippen molar-refractivity contribution in [2.45, 2.75) is 13.0 Å². The number of hydrogen-bond acceptors (Lipinski definition) is 4. The lowest BCUT2D eigenvalue weighted by atomic mass is 10.2. The van der Waals surface area contributed by atoms with Crippen LogP contribution in [0.5, 0.6) is 0 Å². The highest BCUT2D eigenvalue weighted by Crippen LogP contribution is 2.15. The van der Waals surface area contributed by atoms with Crippen molar-refractivity contribution in [1.29, 1.82) is 0 Å². The smallest absolute Gasteiger partial charge is 0.151 e. The van der Waals surface area contributed by atoms with Crippen LogP contribution >= 0.6 is 11.6 Å². The molecule has 0 amide bonds. The molecule has 3 rings (SSSR count). The molecule has 0 bridgehead atoms. The molecule has 1 fully saturated rings. The van der Waals surface area contributed by atoms with Gasteiger partial charge >= 0.3 is 0 Å². The molecule has 1 aromatic heterocycles. The van der Waals surface area contributed by atoms with Gasteiger partial charge in [0.2, 0.25) is 0 Å². The van der Waals surface area contributed by atoms with Crippen molar-refractivity contribution in [3.8, 4) is 0 Å². The molecule has 0 aliphatic carbocycles. The summed E-state index contributed by atoms with van der Waals surface area (Å²) in [6, 6.07) is 14.4. The van der Waals surface area contributed by atoms with Crippen molar-refractivity contribution < 1.29 is 0 Å². The van der Waals surface area contributed by atoms with Crippen LogP contribution < -0.4 is 4.90 Å². The molecule has 110 valence electrons. The van der Waals surface area contributed by atoms with Crippen LogP contribution in [0.3, 0.4) is 0 Å². The zero-order valence-corrected chi connectivity index (χ0v) is 12.7. The fourth-order valence-electron chi connectivity index (χ4n) is 2.68. The van der Waals surface area contributed by atoms with Crippen LogP contribution in [0.15, 0.2) is 42.5 Å². The zero-order chi connectivity index (χ0) is 14.5. The lowest BCUT2D eigenvalue weighted by Gasteiger charge is -2.22. The molecule has 1 aliphatic rings. The average Bonchev–Trinajstić information content (AvgIpc) is 2.75. The third-order valence-corrected chi connectivity index (χ3v) is 3.98. The summed E-state index contributed by atoms with van der Waals surface area (Å²) in [4.78, 5) is 4.78. The van der Waals surface area contributed by atoms with Crippen LogP contribution in [0.4, 0.5) is 5.82 Å². The standard InChI is InChI=1S/C16H19ClN4/c17-15-7-8-16(19-18-15)21-10-4-9-20(11-12-21)13-14-5-2-1-3-6-14/h1-3,5-8H,4,9-13H2. The van der Waals surface area contributed by atoms with Crippen LogP contribution in [0.2, 0.25) is 5.15 Å². The maximum Gasteiger partial charge on any atom is 0.151 e. The van der Waals surface area contributed by atoms with Crippen molar-refractivity contribution in [2.75, 3.05) is 31.1 Å². The summed E-state index contributed by atoms with van der Waals surface area (Å²) in [5, 5.41) is 8.55. The maximum absolute atomic E-state index is 5.80. The molecule has 0 atom stereocenters. The Hall–Kier alpha value is -1.65. The third kappa shape index (κ3) is 3.93. The molecule has 0 unspecified atom stereocenters. The summed E-state index contributed by atoms with van der Waals surface area (Å²) in [7, 11) is 0. The monoisotopic (exact) mass is 302 g/mol. The molecular weight excluding hydrogens is 284 g/mol. The summed E-state index contributed by atoms with van der Waals surface area (Å²) in [5.74, 6) is 0.918. The summed E-state index contributed by atoms with van der Waals surface area (Å²) >= 11 is 5.80. The van der Waals surface area contributed by atoms with Gasteiger partial charge in [-0.05, 0) is 24.1 Å². The minimum Gasteiger partial charge on any atom is -0.354 e. The lowest BCUT2D eigenvalue weighted by Crippen LogP contribution is -2.31. The molecule has 2 heterocycles. The molecule has 1 aliphatic heterocycles. The number of halogens is 1. The van der Waals surface area contributed by atoms with E-state index in [1.807, 2.05) is 6.07 Å². The summed E-state index contributed by atoms with van der Waals surface area (Å²) < 4.78 is 0. The van der Waals surface area contributed by atoms with Crippen molar-refractivity contribution in [2.24, 2.45) is 0 Å². The molecule has 1 aromatic carbocycles. The first-order chi connectivity index (χ1) is 10.3. The summed E-state index contributed by atoms with van der Waals surface area (Å²) in [6.45, 7) is 5.16. The van der Waals surface area contributed by atoms with E-state index >= 15 is 0 Å². The molecule has 0 radical (unpaired) electrons. The van der Waals surface area contributed by atoms with E-state index in [-0.39, 0.29) is 0 Å². The summed E-state index contributed by atoms with van der Waals surface area (Å²) in [5.41, 5.74) is 1.37. The Bertz CT molecular complexity index is 558. The number of nitrogens with zero attached hydrogens (tertiary/aromatic N) is 4. The first-order valence-corrected chi connectivity index (χ1v) is 7.69. The van der Waals surface area contributed by atoms with Crippen molar-refractivity contribution >= 4 is 17.4 Å². The van der Waals surface area contributed by atoms with Crippen LogP contribution in [-0.4, -0.2) is 41.3 Å². The van der Waals surface area contributed by atoms with Gasteiger partial charge in [0.1, 0.15) is 0 Å². The highest BCUT2D eigenvalue weighted by molar-refractivity contribution is 6.29. The molecule has 0 spiro atoms. The van der Waals surface area contributed by atoms with Crippen LogP contribution in [0.25, 0.3) is 0 Å². The Morgan fingerprint density at radius 1 is 0.905 bits per heavy atom. The Morgan fingerprint density at radius 3 is 2.52 bits per heavy atom. The van der Waals surface area contributed by atoms with Gasteiger partial charge < -0.3 is 4.90 Å². The van der Waals surface area contributed by atoms with Gasteiger partial charge in [-0.2, -0.15) is 0 Å². The average molecular weight is 303 g/mol. The van der Waals surface area contributed by atoms with Gasteiger partial charge in [0.05, 0.1) is 0 Å². The van der Waals surface area contributed by atoms with E-state index in [1.165, 1.54) is 5.56 Å². The van der Waals surface area contributed by atoms with Gasteiger partial charge in [-0.3, -0.25) is 4.90 Å². The van der Waals surface area contributed by atoms with Gasteiger partial charge in [0.25, 0.3) is 0 Å². The SMILES string of the molecule is Clc1ccc(N2CCCN(Cc3ccccc3)CC2)nn1. The molecule has 1 saturated heterocycles. The number of benzene rings is 1. The van der Waals surface area contributed by atoms with Gasteiger partial charge in [0, 0.05) is 32.7 Å². The normalized spacial score (nSPS) is 16.7. The van der Waals surface area contributed by atoms with Gasteiger partial charge in [-0.25, -0.2) is 0 Å². The quantitative estimate of drug-likeness (QED) is 0.873. The number of rotatable bonds is 3. The van der Waals surface area contributed by atoms with E-state index < -0.39 is 0 Å². The van der Waals surface area contributed by atoms with Crippen LogP contribution in [-0.2, 0) is 6.54 Å². The minimum absolute atomic E-state index is 0.444. The number of anilines is 1. The van der Waals surface area contributed by atoms with Crippen molar-refractivity contribution in [3.05, 3.63) is 53.2 Å². The Morgan fingerprint density at radius 2 is 1.76 bits per heavy atom. The molecule has 0 N–H and O–H groups in total. The maximum atomic E-state index is 5.80. The van der Waals surface area contributed by atoms with Gasteiger partial charge in [0.15, 0.2) is 11.0 Å². The molecule has 4 nitrogen and oxygen atoms in total. The lowest BCUT2D eigenvalue weighted by molar-refractivity contribution is 0.285. The zero-order valence-electron chi connectivity index (χ0n) is 12.0. The second-order valence-electron chi connectivity index (χ2n) is 5.32. The fourth-order valence-corrected chi connectivity index (χ4v) is 2.78. The largest absolute Gasteiger partial charge is 0.354 e. The van der Waals surface area contributed by atoms with Crippen molar-refractivity contribution in [3.63, 3.8) is 0 Å². The first-order valence-electron chi connectivity index (χ1n) is 7.32. The minimum atomic E-state index is 0.444. The van der Waals surface area contributed by atoms with E-state index in [4.69, 9.17) is 11.6 Å². The second kappa shape index (κ2) is 6.87. The predicted molar refractivity (Wildman–Crippen MR) is 85.6 cm³/mol. The highest BCUT2D eigenvalue weighted by Gasteiger charge is 2.16. The number of aromatic nitrogens is 2. The van der Waals surface area contributed by atoms with Crippen LogP contribution in [0.1, 0.15) is 12.0 Å². The molecule has 0 saturated carbocycles. The number of hydrogen-bond donors (Lipinski definition) is 0. The Kier molecular flexibility index (Phi) is 4.68. The second-order valence-corrected chi connectivity index (χ2v) is 5.70. The van der Waals surface area contributed by atoms with Crippen LogP contribution in [0, 0.1) is 0 Å². The topological polar surface area (TPSA) is 32.3 Å². The Balaban J connectivity index is 1.60. The van der Waals surface area contributed by atoms with E-state index in [9.17, 15) is 0 Å². The molecule has 5 heteroatoms. The fraction of sp³-hybridized carbons (Fsp3) is 0.375. The van der Waals surface area contributed by atoms with E-state index in [2.05, 4.69) is 50.3 Å². The van der Waals surface area contributed by atoms with Gasteiger partial charge in [-0.1, -0.05) is 41.9 Å². The van der Waals surface area contributed by atoms with E-state index in [1.54, 1.807) is 6.07 Å².